The second-order valence-electron chi connectivity index (χ2n) is 4.32. The van der Waals surface area contributed by atoms with Crippen LogP contribution in [0.5, 0.6) is 11.5 Å². The Balaban J connectivity index is 1.96. The molecule has 0 aromatic heterocycles. The van der Waals surface area contributed by atoms with Gasteiger partial charge in [0.1, 0.15) is 11.5 Å². The second-order valence-corrected chi connectivity index (χ2v) is 5.17. The predicted molar refractivity (Wildman–Crippen MR) is 83.4 cm³/mol. The van der Waals surface area contributed by atoms with Gasteiger partial charge in [-0.05, 0) is 27.6 Å². The first-order valence-electron chi connectivity index (χ1n) is 6.13. The quantitative estimate of drug-likeness (QED) is 0.586. The summed E-state index contributed by atoms with van der Waals surface area (Å²) >= 11 is 3.14. The summed E-state index contributed by atoms with van der Waals surface area (Å²) in [6, 6.07) is 12.0. The lowest BCUT2D eigenvalue weighted by Gasteiger charge is -2.03. The molecule has 6 heteroatoms. The number of hydrogen-bond donors (Lipinski definition) is 3. The van der Waals surface area contributed by atoms with E-state index in [0.29, 0.717) is 10.0 Å². The van der Waals surface area contributed by atoms with E-state index in [-0.39, 0.29) is 23.8 Å². The van der Waals surface area contributed by atoms with Gasteiger partial charge in [-0.3, -0.25) is 4.79 Å². The molecular formula is C15H13BrN2O3. The number of nitrogens with one attached hydrogen (secondary N) is 1. The predicted octanol–water partition coefficient (Wildman–Crippen LogP) is 2.55. The molecule has 0 saturated carbocycles. The number of rotatable bonds is 4. The molecule has 0 unspecified atom stereocenters. The number of halogens is 1. The van der Waals surface area contributed by atoms with Crippen molar-refractivity contribution >= 4 is 28.1 Å². The highest BCUT2D eigenvalue weighted by atomic mass is 79.9. The zero-order valence-electron chi connectivity index (χ0n) is 11.0. The first-order valence-corrected chi connectivity index (χ1v) is 6.93. The molecule has 0 aliphatic heterocycles. The Bertz CT molecular complexity index is 672. The molecule has 2 aromatic rings. The van der Waals surface area contributed by atoms with Crippen LogP contribution in [0.3, 0.4) is 0 Å². The smallest absolute Gasteiger partial charge is 0.244 e. The van der Waals surface area contributed by atoms with Crippen molar-refractivity contribution in [2.45, 2.75) is 6.42 Å². The van der Waals surface area contributed by atoms with E-state index in [9.17, 15) is 15.0 Å². The van der Waals surface area contributed by atoms with E-state index in [0.717, 1.165) is 5.56 Å². The number of benzene rings is 2. The largest absolute Gasteiger partial charge is 0.507 e. The van der Waals surface area contributed by atoms with Crippen LogP contribution in [0, 0.1) is 0 Å². The highest BCUT2D eigenvalue weighted by molar-refractivity contribution is 9.10. The second kappa shape index (κ2) is 6.90. The molecule has 3 N–H and O–H groups in total. The van der Waals surface area contributed by atoms with Crippen molar-refractivity contribution in [2.24, 2.45) is 5.10 Å². The van der Waals surface area contributed by atoms with Gasteiger partial charge in [-0.15, -0.1) is 0 Å². The molecule has 0 saturated heterocycles. The van der Waals surface area contributed by atoms with E-state index in [1.165, 1.54) is 18.3 Å². The van der Waals surface area contributed by atoms with Crippen molar-refractivity contribution in [1.82, 2.24) is 5.43 Å². The molecule has 0 atom stereocenters. The van der Waals surface area contributed by atoms with Crippen LogP contribution < -0.4 is 5.43 Å². The number of hydrogen-bond acceptors (Lipinski definition) is 4. The summed E-state index contributed by atoms with van der Waals surface area (Å²) in [6.45, 7) is 0. The number of aromatic hydroxyl groups is 2. The Morgan fingerprint density at radius 1 is 1.19 bits per heavy atom. The summed E-state index contributed by atoms with van der Waals surface area (Å²) in [5.41, 5.74) is 3.65. The zero-order chi connectivity index (χ0) is 15.2. The molecule has 2 aromatic carbocycles. The number of phenols is 2. The van der Waals surface area contributed by atoms with Gasteiger partial charge in [0, 0.05) is 11.6 Å². The maximum Gasteiger partial charge on any atom is 0.244 e. The molecule has 0 radical (unpaired) electrons. The number of carbonyl (C=O) groups excluding carboxylic acids is 1. The fraction of sp³-hybridized carbons (Fsp3) is 0.0667. The summed E-state index contributed by atoms with van der Waals surface area (Å²) in [4.78, 5) is 11.7. The zero-order valence-corrected chi connectivity index (χ0v) is 12.5. The lowest BCUT2D eigenvalue weighted by molar-refractivity contribution is -0.120. The topological polar surface area (TPSA) is 81.9 Å². The summed E-state index contributed by atoms with van der Waals surface area (Å²) in [7, 11) is 0. The van der Waals surface area contributed by atoms with E-state index in [1.54, 1.807) is 0 Å². The average molecular weight is 349 g/mol. The number of nitrogens with zero attached hydrogens (tertiary/aromatic N) is 1. The van der Waals surface area contributed by atoms with Gasteiger partial charge >= 0.3 is 0 Å². The summed E-state index contributed by atoms with van der Waals surface area (Å²) in [5, 5.41) is 22.8. The van der Waals surface area contributed by atoms with Gasteiger partial charge in [-0.1, -0.05) is 30.3 Å². The summed E-state index contributed by atoms with van der Waals surface area (Å²) in [5.74, 6) is -0.454. The van der Waals surface area contributed by atoms with Crippen molar-refractivity contribution in [3.8, 4) is 11.5 Å². The van der Waals surface area contributed by atoms with Gasteiger partial charge < -0.3 is 10.2 Å². The van der Waals surface area contributed by atoms with E-state index in [4.69, 9.17) is 0 Å². The van der Waals surface area contributed by atoms with Crippen molar-refractivity contribution in [1.29, 1.82) is 0 Å². The molecule has 5 nitrogen and oxygen atoms in total. The van der Waals surface area contributed by atoms with Crippen molar-refractivity contribution in [2.75, 3.05) is 0 Å². The van der Waals surface area contributed by atoms with Crippen LogP contribution in [0.15, 0.2) is 52.0 Å². The van der Waals surface area contributed by atoms with Crippen molar-refractivity contribution < 1.29 is 15.0 Å². The highest BCUT2D eigenvalue weighted by Gasteiger charge is 2.05. The molecule has 21 heavy (non-hydrogen) atoms. The SMILES string of the molecule is O=C(Cc1ccccc1)N/N=C\c1cc(Br)c(O)cc1O. The Morgan fingerprint density at radius 2 is 1.90 bits per heavy atom. The minimum Gasteiger partial charge on any atom is -0.507 e. The van der Waals surface area contributed by atoms with Gasteiger partial charge in [-0.25, -0.2) is 5.43 Å². The number of amides is 1. The van der Waals surface area contributed by atoms with E-state index in [2.05, 4.69) is 26.5 Å². The third kappa shape index (κ3) is 4.32. The van der Waals surface area contributed by atoms with Gasteiger partial charge in [0.25, 0.3) is 0 Å². The van der Waals surface area contributed by atoms with Crippen LogP contribution >= 0.6 is 15.9 Å². The van der Waals surface area contributed by atoms with Crippen LogP contribution in [0.1, 0.15) is 11.1 Å². The maximum atomic E-state index is 11.7. The normalized spacial score (nSPS) is 10.7. The Labute approximate surface area is 130 Å². The molecule has 0 fully saturated rings. The minimum atomic E-state index is -0.255. The minimum absolute atomic E-state index is 0.0715. The molecular weight excluding hydrogens is 336 g/mol. The average Bonchev–Trinajstić information content (AvgIpc) is 2.45. The fourth-order valence-corrected chi connectivity index (χ4v) is 2.03. The fourth-order valence-electron chi connectivity index (χ4n) is 1.66. The van der Waals surface area contributed by atoms with Crippen molar-refractivity contribution in [3.63, 3.8) is 0 Å². The Hall–Kier alpha value is -2.34. The molecule has 0 bridgehead atoms. The van der Waals surface area contributed by atoms with Gasteiger partial charge in [0.2, 0.25) is 5.91 Å². The Kier molecular flexibility index (Phi) is 4.94. The first kappa shape index (κ1) is 15.1. The molecule has 0 heterocycles. The number of phenolic OH excluding ortho intramolecular Hbond substituents is 2. The van der Waals surface area contributed by atoms with Crippen LogP contribution in [0.4, 0.5) is 0 Å². The molecule has 0 aliphatic carbocycles. The Morgan fingerprint density at radius 3 is 2.62 bits per heavy atom. The lowest BCUT2D eigenvalue weighted by atomic mass is 10.1. The standard InChI is InChI=1S/C15H13BrN2O3/c16-12-7-11(13(19)8-14(12)20)9-17-18-15(21)6-10-4-2-1-3-5-10/h1-5,7-9,19-20H,6H2,(H,18,21)/b17-9-. The molecule has 0 aliphatic rings. The molecule has 108 valence electrons. The van der Waals surface area contributed by atoms with Crippen LogP contribution in [-0.4, -0.2) is 22.3 Å². The highest BCUT2D eigenvalue weighted by Crippen LogP contribution is 2.30. The van der Waals surface area contributed by atoms with E-state index < -0.39 is 0 Å². The van der Waals surface area contributed by atoms with Gasteiger partial charge in [-0.2, -0.15) is 5.10 Å². The van der Waals surface area contributed by atoms with Crippen molar-refractivity contribution in [3.05, 3.63) is 58.1 Å². The van der Waals surface area contributed by atoms with E-state index in [1.807, 2.05) is 30.3 Å². The van der Waals surface area contributed by atoms with Crippen LogP contribution in [0.25, 0.3) is 0 Å². The van der Waals surface area contributed by atoms with E-state index >= 15 is 0 Å². The third-order valence-electron chi connectivity index (χ3n) is 2.70. The first-order chi connectivity index (χ1) is 10.1. The number of hydrazone groups is 1. The van der Waals surface area contributed by atoms with Gasteiger partial charge in [0.15, 0.2) is 0 Å². The lowest BCUT2D eigenvalue weighted by Crippen LogP contribution is -2.19. The number of carbonyl (C=O) groups is 1. The molecule has 0 spiro atoms. The third-order valence-corrected chi connectivity index (χ3v) is 3.33. The summed E-state index contributed by atoms with van der Waals surface area (Å²) in [6.07, 6.45) is 1.53. The summed E-state index contributed by atoms with van der Waals surface area (Å²) < 4.78 is 0.428. The van der Waals surface area contributed by atoms with Crippen LogP contribution in [-0.2, 0) is 11.2 Å². The maximum absolute atomic E-state index is 11.7. The van der Waals surface area contributed by atoms with Crippen LogP contribution in [0.2, 0.25) is 0 Å². The molecule has 1 amide bonds. The van der Waals surface area contributed by atoms with Gasteiger partial charge in [0.05, 0.1) is 17.1 Å². The molecule has 2 rings (SSSR count). The monoisotopic (exact) mass is 348 g/mol.